The summed E-state index contributed by atoms with van der Waals surface area (Å²) in [7, 11) is 0. The molecule has 0 aliphatic rings. The third kappa shape index (κ3) is 14.6. The topological polar surface area (TPSA) is 104 Å². The number of nitrogens with one attached hydrogen (secondary N) is 1. The highest BCUT2D eigenvalue weighted by Gasteiger charge is 2.21. The summed E-state index contributed by atoms with van der Waals surface area (Å²) in [4.78, 5) is 34.0. The molecule has 176 valence electrons. The van der Waals surface area contributed by atoms with E-state index >= 15 is 0 Å². The monoisotopic (exact) mass is 453 g/mol. The van der Waals surface area contributed by atoms with Gasteiger partial charge in [-0.2, -0.15) is 11.8 Å². The average molecular weight is 454 g/mol. The predicted octanol–water partition coefficient (Wildman–Crippen LogP) is 5.07. The Morgan fingerprint density at radius 1 is 0.935 bits per heavy atom. The number of amides is 1. The molecule has 6 nitrogen and oxygen atoms in total. The summed E-state index contributed by atoms with van der Waals surface area (Å²) in [5, 5.41) is 20.5. The van der Waals surface area contributed by atoms with Gasteiger partial charge in [-0.25, -0.2) is 9.59 Å². The summed E-state index contributed by atoms with van der Waals surface area (Å²) >= 11 is 1.49. The smallest absolute Gasteiger partial charge is 0.331 e. The van der Waals surface area contributed by atoms with Gasteiger partial charge in [0, 0.05) is 17.4 Å². The second kappa shape index (κ2) is 15.7. The Labute approximate surface area is 191 Å². The molecule has 0 aromatic heterocycles. The van der Waals surface area contributed by atoms with Gasteiger partial charge in [0.1, 0.15) is 6.04 Å². The molecule has 3 atom stereocenters. The van der Waals surface area contributed by atoms with Crippen molar-refractivity contribution in [2.24, 2.45) is 11.8 Å². The van der Waals surface area contributed by atoms with Crippen LogP contribution in [0.3, 0.4) is 0 Å². The second-order valence-electron chi connectivity index (χ2n) is 8.47. The number of hydrogen-bond donors (Lipinski definition) is 3. The zero-order valence-electron chi connectivity index (χ0n) is 19.7. The maximum Gasteiger partial charge on any atom is 0.331 e. The van der Waals surface area contributed by atoms with E-state index in [4.69, 9.17) is 5.11 Å². The van der Waals surface area contributed by atoms with E-state index in [0.29, 0.717) is 11.8 Å². The number of carbonyl (C=O) groups is 3. The van der Waals surface area contributed by atoms with Crippen molar-refractivity contribution in [1.82, 2.24) is 5.32 Å². The molecule has 2 unspecified atom stereocenters. The van der Waals surface area contributed by atoms with Crippen LogP contribution in [0.25, 0.3) is 0 Å². The lowest BCUT2D eigenvalue weighted by molar-refractivity contribution is -0.140. The molecule has 0 bridgehead atoms. The zero-order chi connectivity index (χ0) is 24.0. The largest absolute Gasteiger partial charge is 0.480 e. The molecular formula is C24H39NO5S. The van der Waals surface area contributed by atoms with Crippen molar-refractivity contribution in [3.8, 4) is 0 Å². The molecule has 0 rings (SSSR count). The van der Waals surface area contributed by atoms with Gasteiger partial charge < -0.3 is 15.5 Å². The van der Waals surface area contributed by atoms with Crippen molar-refractivity contribution in [2.45, 2.75) is 73.3 Å². The number of hydrogen-bond acceptors (Lipinski definition) is 4. The molecule has 0 fully saturated rings. The third-order valence-electron chi connectivity index (χ3n) is 5.14. The average Bonchev–Trinajstić information content (AvgIpc) is 2.66. The van der Waals surface area contributed by atoms with Gasteiger partial charge in [0.2, 0.25) is 5.91 Å². The molecule has 0 saturated heterocycles. The SMILES string of the molecule is CC(C)=CCC/C(C)=C/CCC(C)C(C)CSC[C@H](NC(=O)/C=C(\C)C(=O)O)C(=O)O. The highest BCUT2D eigenvalue weighted by atomic mass is 32.2. The lowest BCUT2D eigenvalue weighted by Crippen LogP contribution is -2.42. The van der Waals surface area contributed by atoms with Gasteiger partial charge in [-0.3, -0.25) is 4.79 Å². The minimum atomic E-state index is -1.21. The Balaban J connectivity index is 4.40. The van der Waals surface area contributed by atoms with E-state index in [1.807, 2.05) is 0 Å². The van der Waals surface area contributed by atoms with Crippen molar-refractivity contribution >= 4 is 29.6 Å². The van der Waals surface area contributed by atoms with Gasteiger partial charge in [-0.15, -0.1) is 0 Å². The molecule has 0 aromatic rings. The van der Waals surface area contributed by atoms with Crippen molar-refractivity contribution in [3.05, 3.63) is 34.9 Å². The van der Waals surface area contributed by atoms with Crippen LogP contribution < -0.4 is 5.32 Å². The van der Waals surface area contributed by atoms with Crippen LogP contribution in [0.4, 0.5) is 0 Å². The number of rotatable bonds is 15. The van der Waals surface area contributed by atoms with Crippen molar-refractivity contribution in [1.29, 1.82) is 0 Å². The molecule has 31 heavy (non-hydrogen) atoms. The highest BCUT2D eigenvalue weighted by molar-refractivity contribution is 7.99. The van der Waals surface area contributed by atoms with Gasteiger partial charge >= 0.3 is 11.9 Å². The van der Waals surface area contributed by atoms with E-state index < -0.39 is 23.9 Å². The Bertz CT molecular complexity index is 692. The van der Waals surface area contributed by atoms with Crippen LogP contribution in [-0.2, 0) is 14.4 Å². The Hall–Kier alpha value is -2.02. The highest BCUT2D eigenvalue weighted by Crippen LogP contribution is 2.22. The summed E-state index contributed by atoms with van der Waals surface area (Å²) < 4.78 is 0. The first-order valence-corrected chi connectivity index (χ1v) is 11.9. The molecule has 7 heteroatoms. The van der Waals surface area contributed by atoms with Gasteiger partial charge in [0.15, 0.2) is 0 Å². The van der Waals surface area contributed by atoms with Gasteiger partial charge in [-0.1, -0.05) is 37.1 Å². The lowest BCUT2D eigenvalue weighted by atomic mass is 9.92. The van der Waals surface area contributed by atoms with E-state index in [-0.39, 0.29) is 11.3 Å². The number of carbonyl (C=O) groups excluding carboxylic acids is 1. The quantitative estimate of drug-likeness (QED) is 0.236. The molecule has 0 heterocycles. The number of aliphatic carboxylic acids is 2. The maximum absolute atomic E-state index is 11.8. The summed E-state index contributed by atoms with van der Waals surface area (Å²) in [5.74, 6) is -1.08. The van der Waals surface area contributed by atoms with Gasteiger partial charge in [0.25, 0.3) is 0 Å². The first kappa shape index (κ1) is 29.0. The van der Waals surface area contributed by atoms with Gasteiger partial charge in [0.05, 0.1) is 0 Å². The van der Waals surface area contributed by atoms with E-state index in [2.05, 4.69) is 52.1 Å². The summed E-state index contributed by atoms with van der Waals surface area (Å²) in [6, 6.07) is -1.05. The number of carboxylic acid groups (broad SMARTS) is 2. The van der Waals surface area contributed by atoms with Crippen LogP contribution in [0, 0.1) is 11.8 Å². The molecule has 0 aliphatic carbocycles. The number of allylic oxidation sites excluding steroid dienone is 4. The molecule has 1 amide bonds. The number of thioether (sulfide) groups is 1. The first-order valence-electron chi connectivity index (χ1n) is 10.8. The van der Waals surface area contributed by atoms with Crippen molar-refractivity contribution in [2.75, 3.05) is 11.5 Å². The Morgan fingerprint density at radius 2 is 1.58 bits per heavy atom. The van der Waals surface area contributed by atoms with Gasteiger partial charge in [-0.05, 0) is 71.0 Å². The molecule has 0 radical (unpaired) electrons. The lowest BCUT2D eigenvalue weighted by Gasteiger charge is -2.20. The summed E-state index contributed by atoms with van der Waals surface area (Å²) in [5.41, 5.74) is 2.63. The molecule has 0 aliphatic heterocycles. The standard InChI is InChI=1S/C24H39NO5S/c1-16(2)9-7-10-17(3)11-8-12-18(4)20(6)14-31-15-21(24(29)30)25-22(26)13-19(5)23(27)28/h9,11,13,18,20-21H,7-8,10,12,14-15H2,1-6H3,(H,25,26)(H,27,28)(H,29,30)/b17-11+,19-13+/t18?,20?,21-/m0/s1. The maximum atomic E-state index is 11.8. The molecule has 0 aromatic carbocycles. The van der Waals surface area contributed by atoms with Crippen LogP contribution >= 0.6 is 11.8 Å². The predicted molar refractivity (Wildman–Crippen MR) is 128 cm³/mol. The normalized spacial score (nSPS) is 15.0. The fourth-order valence-electron chi connectivity index (χ4n) is 2.75. The van der Waals surface area contributed by atoms with Crippen LogP contribution in [0.5, 0.6) is 0 Å². The van der Waals surface area contributed by atoms with Crippen molar-refractivity contribution in [3.63, 3.8) is 0 Å². The van der Waals surface area contributed by atoms with E-state index in [9.17, 15) is 19.5 Å². The molecule has 0 saturated carbocycles. The van der Waals surface area contributed by atoms with Crippen LogP contribution in [0.2, 0.25) is 0 Å². The first-order chi connectivity index (χ1) is 14.4. The fraction of sp³-hybridized carbons (Fsp3) is 0.625. The van der Waals surface area contributed by atoms with E-state index in [1.54, 1.807) is 0 Å². The zero-order valence-corrected chi connectivity index (χ0v) is 20.6. The minimum absolute atomic E-state index is 0.141. The minimum Gasteiger partial charge on any atom is -0.480 e. The Morgan fingerprint density at radius 3 is 2.13 bits per heavy atom. The molecule has 0 spiro atoms. The van der Waals surface area contributed by atoms with E-state index in [1.165, 1.54) is 29.8 Å². The van der Waals surface area contributed by atoms with Crippen LogP contribution in [-0.4, -0.2) is 45.6 Å². The molecular weight excluding hydrogens is 414 g/mol. The summed E-state index contributed by atoms with van der Waals surface area (Å²) in [6.45, 7) is 12.1. The number of carboxylic acids is 2. The summed E-state index contributed by atoms with van der Waals surface area (Å²) in [6.07, 6.45) is 9.78. The van der Waals surface area contributed by atoms with E-state index in [0.717, 1.165) is 37.5 Å². The van der Waals surface area contributed by atoms with Crippen LogP contribution in [0.1, 0.15) is 67.2 Å². The fourth-order valence-corrected chi connectivity index (χ4v) is 4.05. The Kier molecular flexibility index (Phi) is 14.7. The van der Waals surface area contributed by atoms with Crippen molar-refractivity contribution < 1.29 is 24.6 Å². The third-order valence-corrected chi connectivity index (χ3v) is 6.47. The van der Waals surface area contributed by atoms with Crippen LogP contribution in [0.15, 0.2) is 34.9 Å². The second-order valence-corrected chi connectivity index (χ2v) is 9.55. The molecule has 3 N–H and O–H groups in total.